The van der Waals surface area contributed by atoms with Crippen molar-refractivity contribution in [3.63, 3.8) is 0 Å². The van der Waals surface area contributed by atoms with Gasteiger partial charge in [-0.15, -0.1) is 0 Å². The van der Waals surface area contributed by atoms with Crippen LogP contribution >= 0.6 is 0 Å². The predicted molar refractivity (Wildman–Crippen MR) is 108 cm³/mol. The first-order chi connectivity index (χ1) is 12.4. The first-order valence-corrected chi connectivity index (χ1v) is 10.0. The van der Waals surface area contributed by atoms with Crippen LogP contribution in [0.15, 0.2) is 24.3 Å². The van der Waals surface area contributed by atoms with Gasteiger partial charge in [0.15, 0.2) is 0 Å². The van der Waals surface area contributed by atoms with Gasteiger partial charge in [0, 0.05) is 42.1 Å². The van der Waals surface area contributed by atoms with Crippen molar-refractivity contribution < 1.29 is 4.79 Å². The molecule has 1 N–H and O–H groups in total. The highest BCUT2D eigenvalue weighted by molar-refractivity contribution is 5.86. The van der Waals surface area contributed by atoms with Crippen LogP contribution in [0.25, 0.3) is 10.9 Å². The Hall–Kier alpha value is -1.81. The SMILES string of the molecule is CC(=O)N1CCc2c([nH]c3ccccc23)C1CCCN(C(C)C)C(C)C. The number of nitrogens with one attached hydrogen (secondary N) is 1. The highest BCUT2D eigenvalue weighted by Crippen LogP contribution is 2.37. The van der Waals surface area contributed by atoms with E-state index in [9.17, 15) is 4.79 Å². The number of hydrogen-bond acceptors (Lipinski definition) is 2. The maximum Gasteiger partial charge on any atom is 0.220 e. The Bertz CT molecular complexity index is 754. The van der Waals surface area contributed by atoms with Crippen LogP contribution in [-0.4, -0.2) is 45.9 Å². The first kappa shape index (κ1) is 19.0. The summed E-state index contributed by atoms with van der Waals surface area (Å²) in [6, 6.07) is 9.79. The zero-order valence-electron chi connectivity index (χ0n) is 16.9. The van der Waals surface area contributed by atoms with Crippen molar-refractivity contribution >= 4 is 16.8 Å². The minimum atomic E-state index is 0.171. The molecule has 4 heteroatoms. The Balaban J connectivity index is 1.82. The normalized spacial score (nSPS) is 17.5. The molecule has 1 atom stereocenters. The van der Waals surface area contributed by atoms with Crippen LogP contribution in [0.2, 0.25) is 0 Å². The molecule has 1 aliphatic heterocycles. The van der Waals surface area contributed by atoms with Gasteiger partial charge in [0.05, 0.1) is 6.04 Å². The third kappa shape index (κ3) is 3.66. The summed E-state index contributed by atoms with van der Waals surface area (Å²) >= 11 is 0. The molecular formula is C22H33N3O. The fourth-order valence-corrected chi connectivity index (χ4v) is 4.58. The largest absolute Gasteiger partial charge is 0.356 e. The molecule has 1 aromatic carbocycles. The number of para-hydroxylation sites is 1. The standard InChI is InChI=1S/C22H33N3O/c1-15(2)24(16(3)4)13-8-11-21-22-19(12-14-25(21)17(5)26)18-9-6-7-10-20(18)23-22/h6-7,9-10,15-16,21,23H,8,11-14H2,1-5H3. The molecule has 1 aliphatic rings. The lowest BCUT2D eigenvalue weighted by Gasteiger charge is -2.36. The Morgan fingerprint density at radius 1 is 1.23 bits per heavy atom. The van der Waals surface area contributed by atoms with Gasteiger partial charge in [-0.2, -0.15) is 0 Å². The first-order valence-electron chi connectivity index (χ1n) is 10.0. The summed E-state index contributed by atoms with van der Waals surface area (Å²) in [5, 5.41) is 1.32. The summed E-state index contributed by atoms with van der Waals surface area (Å²) in [6.45, 7) is 12.7. The minimum Gasteiger partial charge on any atom is -0.356 e. The van der Waals surface area contributed by atoms with E-state index in [2.05, 4.69) is 66.7 Å². The lowest BCUT2D eigenvalue weighted by molar-refractivity contribution is -0.132. The lowest BCUT2D eigenvalue weighted by atomic mass is 9.94. The smallest absolute Gasteiger partial charge is 0.220 e. The summed E-state index contributed by atoms with van der Waals surface area (Å²) in [4.78, 5) is 20.5. The van der Waals surface area contributed by atoms with E-state index in [1.807, 2.05) is 0 Å². The molecule has 3 rings (SSSR count). The number of nitrogens with zero attached hydrogens (tertiary/aromatic N) is 2. The Morgan fingerprint density at radius 2 is 1.92 bits per heavy atom. The molecule has 0 spiro atoms. The monoisotopic (exact) mass is 355 g/mol. The zero-order chi connectivity index (χ0) is 18.8. The zero-order valence-corrected chi connectivity index (χ0v) is 16.9. The number of rotatable bonds is 6. The van der Waals surface area contributed by atoms with Crippen molar-refractivity contribution in [1.82, 2.24) is 14.8 Å². The fourth-order valence-electron chi connectivity index (χ4n) is 4.58. The molecule has 4 nitrogen and oxygen atoms in total. The number of carbonyl (C=O) groups excluding carboxylic acids is 1. The van der Waals surface area contributed by atoms with Crippen molar-refractivity contribution in [3.8, 4) is 0 Å². The van der Waals surface area contributed by atoms with Crippen LogP contribution < -0.4 is 0 Å². The number of benzene rings is 1. The lowest BCUT2D eigenvalue weighted by Crippen LogP contribution is -2.40. The number of aromatic nitrogens is 1. The van der Waals surface area contributed by atoms with E-state index in [0.717, 1.165) is 32.4 Å². The quantitative estimate of drug-likeness (QED) is 0.828. The van der Waals surface area contributed by atoms with Crippen LogP contribution in [0.1, 0.15) is 64.8 Å². The number of aromatic amines is 1. The maximum atomic E-state index is 12.2. The van der Waals surface area contributed by atoms with E-state index < -0.39 is 0 Å². The number of amides is 1. The van der Waals surface area contributed by atoms with Gasteiger partial charge in [0.1, 0.15) is 0 Å². The molecule has 26 heavy (non-hydrogen) atoms. The van der Waals surface area contributed by atoms with Crippen LogP contribution in [0.5, 0.6) is 0 Å². The summed E-state index contributed by atoms with van der Waals surface area (Å²) in [5.74, 6) is 0.184. The number of hydrogen-bond donors (Lipinski definition) is 1. The average molecular weight is 356 g/mol. The van der Waals surface area contributed by atoms with E-state index in [0.29, 0.717) is 12.1 Å². The van der Waals surface area contributed by atoms with Crippen molar-refractivity contribution in [2.75, 3.05) is 13.1 Å². The second kappa shape index (κ2) is 7.83. The summed E-state index contributed by atoms with van der Waals surface area (Å²) in [5.41, 5.74) is 3.86. The Morgan fingerprint density at radius 3 is 2.58 bits per heavy atom. The molecule has 1 unspecified atom stereocenters. The molecule has 0 radical (unpaired) electrons. The van der Waals surface area contributed by atoms with Crippen LogP contribution in [0, 0.1) is 0 Å². The van der Waals surface area contributed by atoms with E-state index in [1.54, 1.807) is 6.92 Å². The third-order valence-electron chi connectivity index (χ3n) is 5.78. The minimum absolute atomic E-state index is 0.171. The summed E-state index contributed by atoms with van der Waals surface area (Å²) < 4.78 is 0. The molecule has 0 saturated carbocycles. The summed E-state index contributed by atoms with van der Waals surface area (Å²) in [6.07, 6.45) is 3.05. The number of H-pyrrole nitrogens is 1. The molecule has 2 aromatic rings. The Labute approximate surface area is 157 Å². The molecule has 1 aromatic heterocycles. The molecule has 0 aliphatic carbocycles. The highest BCUT2D eigenvalue weighted by atomic mass is 16.2. The second-order valence-corrected chi connectivity index (χ2v) is 8.11. The van der Waals surface area contributed by atoms with Crippen molar-refractivity contribution in [2.24, 2.45) is 0 Å². The maximum absolute atomic E-state index is 12.2. The van der Waals surface area contributed by atoms with Crippen LogP contribution in [-0.2, 0) is 11.2 Å². The van der Waals surface area contributed by atoms with Gasteiger partial charge in [-0.05, 0) is 65.1 Å². The van der Waals surface area contributed by atoms with Crippen molar-refractivity contribution in [3.05, 3.63) is 35.5 Å². The van der Waals surface area contributed by atoms with Crippen LogP contribution in [0.3, 0.4) is 0 Å². The van der Waals surface area contributed by atoms with E-state index in [1.165, 1.54) is 22.2 Å². The van der Waals surface area contributed by atoms with Gasteiger partial charge in [0.25, 0.3) is 0 Å². The number of carbonyl (C=O) groups is 1. The topological polar surface area (TPSA) is 39.3 Å². The van der Waals surface area contributed by atoms with Gasteiger partial charge < -0.3 is 9.88 Å². The molecule has 0 saturated heterocycles. The average Bonchev–Trinajstić information content (AvgIpc) is 2.96. The summed E-state index contributed by atoms with van der Waals surface area (Å²) in [7, 11) is 0. The van der Waals surface area contributed by atoms with Crippen molar-refractivity contribution in [1.29, 1.82) is 0 Å². The molecule has 2 heterocycles. The highest BCUT2D eigenvalue weighted by Gasteiger charge is 2.31. The van der Waals surface area contributed by atoms with E-state index in [4.69, 9.17) is 0 Å². The van der Waals surface area contributed by atoms with E-state index >= 15 is 0 Å². The van der Waals surface area contributed by atoms with E-state index in [-0.39, 0.29) is 11.9 Å². The number of fused-ring (bicyclic) bond motifs is 3. The van der Waals surface area contributed by atoms with Gasteiger partial charge in [0.2, 0.25) is 5.91 Å². The molecule has 142 valence electrons. The van der Waals surface area contributed by atoms with Crippen molar-refractivity contribution in [2.45, 2.75) is 72.0 Å². The van der Waals surface area contributed by atoms with Gasteiger partial charge in [-0.25, -0.2) is 0 Å². The third-order valence-corrected chi connectivity index (χ3v) is 5.78. The van der Waals surface area contributed by atoms with Gasteiger partial charge >= 0.3 is 0 Å². The molecule has 1 amide bonds. The van der Waals surface area contributed by atoms with Crippen LogP contribution in [0.4, 0.5) is 0 Å². The fraction of sp³-hybridized carbons (Fsp3) is 0.591. The molecule has 0 bridgehead atoms. The Kier molecular flexibility index (Phi) is 5.71. The second-order valence-electron chi connectivity index (χ2n) is 8.11. The molecular weight excluding hydrogens is 322 g/mol. The van der Waals surface area contributed by atoms with Gasteiger partial charge in [-0.1, -0.05) is 18.2 Å². The molecule has 0 fully saturated rings. The predicted octanol–water partition coefficient (Wildman–Crippen LogP) is 4.51. The van der Waals surface area contributed by atoms with Gasteiger partial charge in [-0.3, -0.25) is 9.69 Å².